The number of aryl methyl sites for hydroxylation is 1. The van der Waals surface area contributed by atoms with E-state index in [-0.39, 0.29) is 11.5 Å². The zero-order valence-electron chi connectivity index (χ0n) is 11.4. The number of rotatable bonds is 4. The number of aliphatic hydroxyl groups is 1. The Kier molecular flexibility index (Phi) is 4.62. The Balaban J connectivity index is 2.34. The molecule has 0 atom stereocenters. The van der Waals surface area contributed by atoms with Gasteiger partial charge in [0.15, 0.2) is 0 Å². The molecule has 6 nitrogen and oxygen atoms in total. The van der Waals surface area contributed by atoms with Gasteiger partial charge in [0.25, 0.3) is 10.0 Å². The van der Waals surface area contributed by atoms with Crippen molar-refractivity contribution in [3.63, 3.8) is 0 Å². The molecule has 2 aromatic rings. The second-order valence-corrected chi connectivity index (χ2v) is 6.05. The summed E-state index contributed by atoms with van der Waals surface area (Å²) in [6.07, 6.45) is 2.86. The van der Waals surface area contributed by atoms with Crippen LogP contribution in [0.1, 0.15) is 17.5 Å². The maximum Gasteiger partial charge on any atom is 0.265 e. The predicted octanol–water partition coefficient (Wildman–Crippen LogP) is 1.25. The number of nitrogens with one attached hydrogen (secondary N) is 2. The standard InChI is InChI=1S/C14H15N3O3S/c1-11-5-6-14(12(8-11)4-2-3-7-18)17-21(19,20)13-9-15-16-10-13/h5-6,8-10,17-18H,3,7H2,1H3,(H,15,16). The smallest absolute Gasteiger partial charge is 0.265 e. The van der Waals surface area contributed by atoms with E-state index in [4.69, 9.17) is 5.11 Å². The van der Waals surface area contributed by atoms with Crippen LogP contribution >= 0.6 is 0 Å². The molecule has 1 aromatic heterocycles. The lowest BCUT2D eigenvalue weighted by Crippen LogP contribution is -2.13. The first-order chi connectivity index (χ1) is 10.0. The van der Waals surface area contributed by atoms with Gasteiger partial charge in [-0.3, -0.25) is 9.82 Å². The molecule has 0 amide bonds. The molecule has 0 aliphatic rings. The van der Waals surface area contributed by atoms with Crippen LogP contribution in [0.2, 0.25) is 0 Å². The lowest BCUT2D eigenvalue weighted by Gasteiger charge is -2.09. The van der Waals surface area contributed by atoms with Crippen molar-refractivity contribution in [3.05, 3.63) is 41.7 Å². The molecule has 0 spiro atoms. The van der Waals surface area contributed by atoms with Gasteiger partial charge >= 0.3 is 0 Å². The molecule has 3 N–H and O–H groups in total. The monoisotopic (exact) mass is 305 g/mol. The van der Waals surface area contributed by atoms with E-state index in [1.807, 2.05) is 6.92 Å². The number of aromatic nitrogens is 2. The number of aromatic amines is 1. The zero-order chi connectivity index (χ0) is 15.3. The van der Waals surface area contributed by atoms with E-state index in [0.29, 0.717) is 17.7 Å². The van der Waals surface area contributed by atoms with Gasteiger partial charge in [-0.25, -0.2) is 8.42 Å². The average molecular weight is 305 g/mol. The number of sulfonamides is 1. The van der Waals surface area contributed by atoms with Gasteiger partial charge < -0.3 is 5.11 Å². The summed E-state index contributed by atoms with van der Waals surface area (Å²) in [7, 11) is -3.70. The van der Waals surface area contributed by atoms with E-state index in [2.05, 4.69) is 26.8 Å². The summed E-state index contributed by atoms with van der Waals surface area (Å²) in [5, 5.41) is 14.8. The van der Waals surface area contributed by atoms with E-state index in [9.17, 15) is 8.42 Å². The molecule has 1 heterocycles. The zero-order valence-corrected chi connectivity index (χ0v) is 12.2. The molecule has 0 bridgehead atoms. The van der Waals surface area contributed by atoms with Crippen LogP contribution in [0.4, 0.5) is 5.69 Å². The molecule has 110 valence electrons. The largest absolute Gasteiger partial charge is 0.395 e. The van der Waals surface area contributed by atoms with Crippen LogP contribution in [0.15, 0.2) is 35.5 Å². The number of hydrogen-bond donors (Lipinski definition) is 3. The van der Waals surface area contributed by atoms with Gasteiger partial charge in [-0.15, -0.1) is 0 Å². The molecule has 0 fully saturated rings. The first kappa shape index (κ1) is 15.1. The molecule has 0 radical (unpaired) electrons. The summed E-state index contributed by atoms with van der Waals surface area (Å²) in [6, 6.07) is 5.25. The fourth-order valence-electron chi connectivity index (χ4n) is 1.65. The summed E-state index contributed by atoms with van der Waals surface area (Å²) >= 11 is 0. The summed E-state index contributed by atoms with van der Waals surface area (Å²) < 4.78 is 26.8. The highest BCUT2D eigenvalue weighted by molar-refractivity contribution is 7.92. The quantitative estimate of drug-likeness (QED) is 0.741. The van der Waals surface area contributed by atoms with Crippen molar-refractivity contribution in [2.75, 3.05) is 11.3 Å². The van der Waals surface area contributed by atoms with E-state index in [1.54, 1.807) is 18.2 Å². The third-order valence-corrected chi connectivity index (χ3v) is 4.00. The SMILES string of the molecule is Cc1ccc(NS(=O)(=O)c2cn[nH]c2)c(C#CCCO)c1. The Morgan fingerprint density at radius 3 is 2.90 bits per heavy atom. The second-order valence-electron chi connectivity index (χ2n) is 4.36. The summed E-state index contributed by atoms with van der Waals surface area (Å²) in [4.78, 5) is 0.0531. The molecule has 0 aliphatic heterocycles. The molecule has 0 saturated heterocycles. The number of benzene rings is 1. The van der Waals surface area contributed by atoms with Gasteiger partial charge in [0.05, 0.1) is 18.5 Å². The first-order valence-electron chi connectivity index (χ1n) is 6.25. The molecule has 0 saturated carbocycles. The molecule has 7 heteroatoms. The van der Waals surface area contributed by atoms with Crippen LogP contribution in [-0.2, 0) is 10.0 Å². The minimum atomic E-state index is -3.70. The molecular formula is C14H15N3O3S. The Labute approximate surface area is 123 Å². The van der Waals surface area contributed by atoms with Crippen LogP contribution in [0, 0.1) is 18.8 Å². The summed E-state index contributed by atoms with van der Waals surface area (Å²) in [6.45, 7) is 1.86. The van der Waals surface area contributed by atoms with Gasteiger partial charge in [-0.2, -0.15) is 5.10 Å². The van der Waals surface area contributed by atoms with E-state index >= 15 is 0 Å². The van der Waals surface area contributed by atoms with Gasteiger partial charge in [0.2, 0.25) is 0 Å². The Hall–Kier alpha value is -2.30. The average Bonchev–Trinajstić information content (AvgIpc) is 2.97. The van der Waals surface area contributed by atoms with Crippen LogP contribution in [0.3, 0.4) is 0 Å². The molecular weight excluding hydrogens is 290 g/mol. The van der Waals surface area contributed by atoms with Gasteiger partial charge in [0.1, 0.15) is 4.90 Å². The molecule has 0 aliphatic carbocycles. The summed E-state index contributed by atoms with van der Waals surface area (Å²) in [5.41, 5.74) is 1.93. The fraction of sp³-hybridized carbons (Fsp3) is 0.214. The molecule has 1 aromatic carbocycles. The molecule has 0 unspecified atom stereocenters. The molecule has 2 rings (SSSR count). The van der Waals surface area contributed by atoms with Crippen molar-refractivity contribution in [2.24, 2.45) is 0 Å². The van der Waals surface area contributed by atoms with Crippen molar-refractivity contribution < 1.29 is 13.5 Å². The minimum Gasteiger partial charge on any atom is -0.395 e. The van der Waals surface area contributed by atoms with Crippen LogP contribution in [-0.4, -0.2) is 30.3 Å². The van der Waals surface area contributed by atoms with E-state index in [0.717, 1.165) is 5.56 Å². The number of aliphatic hydroxyl groups excluding tert-OH is 1. The van der Waals surface area contributed by atoms with Crippen LogP contribution in [0.5, 0.6) is 0 Å². The molecule has 21 heavy (non-hydrogen) atoms. The Morgan fingerprint density at radius 1 is 1.43 bits per heavy atom. The maximum atomic E-state index is 12.2. The van der Waals surface area contributed by atoms with Crippen molar-refractivity contribution >= 4 is 15.7 Å². The number of H-pyrrole nitrogens is 1. The lowest BCUT2D eigenvalue weighted by atomic mass is 10.1. The fourth-order valence-corrected chi connectivity index (χ4v) is 2.64. The van der Waals surface area contributed by atoms with Crippen LogP contribution in [0.25, 0.3) is 0 Å². The Morgan fingerprint density at radius 2 is 2.24 bits per heavy atom. The van der Waals surface area contributed by atoms with Crippen molar-refractivity contribution in [1.82, 2.24) is 10.2 Å². The summed E-state index contributed by atoms with van der Waals surface area (Å²) in [5.74, 6) is 5.65. The second kappa shape index (κ2) is 6.43. The minimum absolute atomic E-state index is 0.0328. The Bertz CT molecular complexity index is 772. The van der Waals surface area contributed by atoms with E-state index < -0.39 is 10.0 Å². The highest BCUT2D eigenvalue weighted by Crippen LogP contribution is 2.20. The highest BCUT2D eigenvalue weighted by Gasteiger charge is 2.16. The van der Waals surface area contributed by atoms with Gasteiger partial charge in [0, 0.05) is 18.2 Å². The van der Waals surface area contributed by atoms with Crippen molar-refractivity contribution in [1.29, 1.82) is 0 Å². The van der Waals surface area contributed by atoms with Crippen LogP contribution < -0.4 is 4.72 Å². The third-order valence-electron chi connectivity index (χ3n) is 2.66. The lowest BCUT2D eigenvalue weighted by molar-refractivity contribution is 0.305. The van der Waals surface area contributed by atoms with Gasteiger partial charge in [-0.1, -0.05) is 17.9 Å². The third kappa shape index (κ3) is 3.84. The number of nitrogens with zero attached hydrogens (tertiary/aromatic N) is 1. The maximum absolute atomic E-state index is 12.2. The normalized spacial score (nSPS) is 10.8. The first-order valence-corrected chi connectivity index (χ1v) is 7.73. The van der Waals surface area contributed by atoms with Crippen molar-refractivity contribution in [3.8, 4) is 11.8 Å². The van der Waals surface area contributed by atoms with Crippen molar-refractivity contribution in [2.45, 2.75) is 18.2 Å². The predicted molar refractivity (Wildman–Crippen MR) is 79.2 cm³/mol. The number of hydrogen-bond acceptors (Lipinski definition) is 4. The topological polar surface area (TPSA) is 95.1 Å². The number of anilines is 1. The van der Waals surface area contributed by atoms with Gasteiger partial charge in [-0.05, 0) is 24.6 Å². The van der Waals surface area contributed by atoms with E-state index in [1.165, 1.54) is 12.4 Å². The highest BCUT2D eigenvalue weighted by atomic mass is 32.2.